The predicted molar refractivity (Wildman–Crippen MR) is 105 cm³/mol. The average molecular weight is 368 g/mol. The Morgan fingerprint density at radius 2 is 2.00 bits per heavy atom. The van der Waals surface area contributed by atoms with Crippen LogP contribution in [0.2, 0.25) is 0 Å². The Morgan fingerprint density at radius 3 is 2.73 bits per heavy atom. The number of thioether (sulfide) groups is 1. The molecule has 0 aliphatic heterocycles. The Hall–Kier alpha value is -2.40. The van der Waals surface area contributed by atoms with Crippen LogP contribution in [0.4, 0.5) is 4.39 Å². The van der Waals surface area contributed by atoms with E-state index in [-0.39, 0.29) is 18.3 Å². The van der Waals surface area contributed by atoms with Gasteiger partial charge in [0.25, 0.3) is 5.91 Å². The maximum Gasteiger partial charge on any atom is 0.254 e. The van der Waals surface area contributed by atoms with E-state index in [2.05, 4.69) is 5.32 Å². The van der Waals surface area contributed by atoms with E-state index in [1.165, 1.54) is 12.1 Å². The topological polar surface area (TPSA) is 42.0 Å². The maximum absolute atomic E-state index is 13.3. The highest BCUT2D eigenvalue weighted by Gasteiger charge is 2.19. The van der Waals surface area contributed by atoms with Crippen molar-refractivity contribution in [3.8, 4) is 0 Å². The van der Waals surface area contributed by atoms with Crippen molar-refractivity contribution in [2.75, 3.05) is 5.75 Å². The summed E-state index contributed by atoms with van der Waals surface area (Å²) in [4.78, 5) is 17.6. The number of amides is 1. The Kier molecular flexibility index (Phi) is 5.57. The van der Waals surface area contributed by atoms with E-state index in [1.54, 1.807) is 23.9 Å². The molecule has 0 saturated carbocycles. The largest absolute Gasteiger partial charge is 0.348 e. The van der Waals surface area contributed by atoms with Crippen LogP contribution in [0, 0.1) is 19.7 Å². The smallest absolute Gasteiger partial charge is 0.254 e. The second-order valence-corrected chi connectivity index (χ2v) is 7.44. The third-order valence-electron chi connectivity index (χ3n) is 4.22. The number of carbonyl (C=O) groups excluding carboxylic acids is 1. The standard InChI is InChI=1S/C21H21FN2OS/c1-4-26-21-19(14(3)17-9-8-13(2)10-18(17)24-21)20(25)23-12-15-6-5-7-16(22)11-15/h5-11H,4,12H2,1-3H3,(H,23,25). The molecule has 0 aliphatic rings. The Bertz CT molecular complexity index is 972. The summed E-state index contributed by atoms with van der Waals surface area (Å²) in [5.41, 5.74) is 4.29. The monoisotopic (exact) mass is 368 g/mol. The van der Waals surface area contributed by atoms with Gasteiger partial charge in [0, 0.05) is 11.9 Å². The summed E-state index contributed by atoms with van der Waals surface area (Å²) in [5, 5.41) is 4.61. The number of nitrogens with one attached hydrogen (secondary N) is 1. The minimum absolute atomic E-state index is 0.183. The molecule has 134 valence electrons. The minimum Gasteiger partial charge on any atom is -0.348 e. The number of aryl methyl sites for hydroxylation is 2. The molecule has 5 heteroatoms. The zero-order chi connectivity index (χ0) is 18.7. The first-order valence-corrected chi connectivity index (χ1v) is 9.54. The van der Waals surface area contributed by atoms with Crippen molar-refractivity contribution in [3.63, 3.8) is 0 Å². The van der Waals surface area contributed by atoms with Gasteiger partial charge in [-0.15, -0.1) is 11.8 Å². The van der Waals surface area contributed by atoms with Crippen molar-refractivity contribution in [1.29, 1.82) is 0 Å². The molecular formula is C21H21FN2OS. The molecule has 3 nitrogen and oxygen atoms in total. The van der Waals surface area contributed by atoms with Gasteiger partial charge < -0.3 is 5.32 Å². The highest BCUT2D eigenvalue weighted by Crippen LogP contribution is 2.29. The fraction of sp³-hybridized carbons (Fsp3) is 0.238. The number of carbonyl (C=O) groups is 1. The van der Waals surface area contributed by atoms with E-state index >= 15 is 0 Å². The van der Waals surface area contributed by atoms with E-state index in [4.69, 9.17) is 4.98 Å². The lowest BCUT2D eigenvalue weighted by molar-refractivity contribution is 0.0947. The third kappa shape index (κ3) is 3.88. The Morgan fingerprint density at radius 1 is 1.19 bits per heavy atom. The summed E-state index contributed by atoms with van der Waals surface area (Å²) < 4.78 is 13.3. The Labute approximate surface area is 157 Å². The van der Waals surface area contributed by atoms with Crippen LogP contribution >= 0.6 is 11.8 Å². The van der Waals surface area contributed by atoms with Gasteiger partial charge in [0.05, 0.1) is 11.1 Å². The quantitative estimate of drug-likeness (QED) is 0.642. The molecule has 0 radical (unpaired) electrons. The van der Waals surface area contributed by atoms with E-state index in [1.807, 2.05) is 39.0 Å². The predicted octanol–water partition coefficient (Wildman–Crippen LogP) is 5.03. The van der Waals surface area contributed by atoms with Crippen molar-refractivity contribution >= 4 is 28.6 Å². The second kappa shape index (κ2) is 7.87. The van der Waals surface area contributed by atoms with Gasteiger partial charge in [-0.1, -0.05) is 31.2 Å². The average Bonchev–Trinajstić information content (AvgIpc) is 2.60. The van der Waals surface area contributed by atoms with Gasteiger partial charge in [-0.3, -0.25) is 4.79 Å². The molecule has 1 N–H and O–H groups in total. The van der Waals surface area contributed by atoms with E-state index < -0.39 is 0 Å². The van der Waals surface area contributed by atoms with Crippen LogP contribution in [0.1, 0.15) is 34.0 Å². The molecule has 0 fully saturated rings. The number of fused-ring (bicyclic) bond motifs is 1. The number of pyridine rings is 1. The molecule has 26 heavy (non-hydrogen) atoms. The fourth-order valence-electron chi connectivity index (χ4n) is 2.94. The molecule has 0 saturated heterocycles. The molecule has 0 unspecified atom stereocenters. The zero-order valence-electron chi connectivity index (χ0n) is 15.1. The molecule has 0 aliphatic carbocycles. The SMILES string of the molecule is CCSc1nc2cc(C)ccc2c(C)c1C(=O)NCc1cccc(F)c1. The lowest BCUT2D eigenvalue weighted by Gasteiger charge is -2.14. The van der Waals surface area contributed by atoms with Gasteiger partial charge in [0.2, 0.25) is 0 Å². The lowest BCUT2D eigenvalue weighted by Crippen LogP contribution is -2.25. The van der Waals surface area contributed by atoms with Crippen LogP contribution < -0.4 is 5.32 Å². The second-order valence-electron chi connectivity index (χ2n) is 6.18. The number of hydrogen-bond donors (Lipinski definition) is 1. The van der Waals surface area contributed by atoms with E-state index in [0.29, 0.717) is 5.56 Å². The first-order valence-electron chi connectivity index (χ1n) is 8.56. The van der Waals surface area contributed by atoms with Crippen molar-refractivity contribution in [3.05, 3.63) is 70.5 Å². The molecule has 1 aromatic heterocycles. The maximum atomic E-state index is 13.3. The van der Waals surface area contributed by atoms with Gasteiger partial charge in [-0.2, -0.15) is 0 Å². The van der Waals surface area contributed by atoms with Crippen molar-refractivity contribution in [2.24, 2.45) is 0 Å². The summed E-state index contributed by atoms with van der Waals surface area (Å²) in [6.07, 6.45) is 0. The number of aromatic nitrogens is 1. The number of benzene rings is 2. The van der Waals surface area contributed by atoms with Crippen molar-refractivity contribution in [1.82, 2.24) is 10.3 Å². The molecule has 1 amide bonds. The van der Waals surface area contributed by atoms with Crippen LogP contribution in [-0.2, 0) is 6.54 Å². The molecule has 1 heterocycles. The van der Waals surface area contributed by atoms with Crippen LogP contribution in [0.25, 0.3) is 10.9 Å². The normalized spacial score (nSPS) is 10.9. The van der Waals surface area contributed by atoms with Crippen LogP contribution in [0.5, 0.6) is 0 Å². The first kappa shape index (κ1) is 18.4. The fourth-order valence-corrected chi connectivity index (χ4v) is 3.76. The van der Waals surface area contributed by atoms with Crippen LogP contribution in [-0.4, -0.2) is 16.6 Å². The van der Waals surface area contributed by atoms with Crippen molar-refractivity contribution in [2.45, 2.75) is 32.3 Å². The van der Waals surface area contributed by atoms with Gasteiger partial charge in [0.1, 0.15) is 10.8 Å². The molecule has 0 spiro atoms. The minimum atomic E-state index is -0.308. The Balaban J connectivity index is 1.96. The highest BCUT2D eigenvalue weighted by atomic mass is 32.2. The molecular weight excluding hydrogens is 347 g/mol. The molecule has 0 bridgehead atoms. The molecule has 3 rings (SSSR count). The lowest BCUT2D eigenvalue weighted by atomic mass is 10.0. The van der Waals surface area contributed by atoms with Gasteiger partial charge >= 0.3 is 0 Å². The highest BCUT2D eigenvalue weighted by molar-refractivity contribution is 7.99. The summed E-state index contributed by atoms with van der Waals surface area (Å²) in [6, 6.07) is 12.3. The molecule has 3 aromatic rings. The third-order valence-corrected chi connectivity index (χ3v) is 5.08. The first-order chi connectivity index (χ1) is 12.5. The summed E-state index contributed by atoms with van der Waals surface area (Å²) >= 11 is 1.56. The van der Waals surface area contributed by atoms with Crippen molar-refractivity contribution < 1.29 is 9.18 Å². The van der Waals surface area contributed by atoms with Crippen LogP contribution in [0.3, 0.4) is 0 Å². The van der Waals surface area contributed by atoms with E-state index in [9.17, 15) is 9.18 Å². The molecule has 0 atom stereocenters. The zero-order valence-corrected chi connectivity index (χ0v) is 15.9. The van der Waals surface area contributed by atoms with Gasteiger partial charge in [-0.05, 0) is 54.5 Å². The van der Waals surface area contributed by atoms with E-state index in [0.717, 1.165) is 38.4 Å². The summed E-state index contributed by atoms with van der Waals surface area (Å²) in [6.45, 7) is 6.30. The number of nitrogens with zero attached hydrogens (tertiary/aromatic N) is 1. The van der Waals surface area contributed by atoms with Gasteiger partial charge in [0.15, 0.2) is 0 Å². The molecule has 2 aromatic carbocycles. The number of rotatable bonds is 5. The van der Waals surface area contributed by atoms with Crippen LogP contribution in [0.15, 0.2) is 47.5 Å². The summed E-state index contributed by atoms with van der Waals surface area (Å²) in [7, 11) is 0. The number of hydrogen-bond acceptors (Lipinski definition) is 3. The van der Waals surface area contributed by atoms with Gasteiger partial charge in [-0.25, -0.2) is 9.37 Å². The summed E-state index contributed by atoms with van der Waals surface area (Å²) in [5.74, 6) is 0.337. The number of halogens is 1.